The van der Waals surface area contributed by atoms with E-state index in [0.29, 0.717) is 11.5 Å². The Labute approximate surface area is 168 Å². The number of aromatic nitrogens is 2. The van der Waals surface area contributed by atoms with E-state index in [1.165, 1.54) is 21.9 Å². The van der Waals surface area contributed by atoms with Crippen LogP contribution >= 0.6 is 0 Å². The average molecular weight is 399 g/mol. The summed E-state index contributed by atoms with van der Waals surface area (Å²) in [5, 5.41) is 10.1. The van der Waals surface area contributed by atoms with Crippen LogP contribution in [0.2, 0.25) is 0 Å². The number of hydrogen-bond donors (Lipinski definition) is 2. The van der Waals surface area contributed by atoms with Gasteiger partial charge in [0.2, 0.25) is 5.91 Å². The van der Waals surface area contributed by atoms with Crippen LogP contribution in [0.3, 0.4) is 0 Å². The fourth-order valence-electron chi connectivity index (χ4n) is 3.92. The Bertz CT molecular complexity index is 929. The van der Waals surface area contributed by atoms with Crippen molar-refractivity contribution in [2.45, 2.75) is 57.3 Å². The van der Waals surface area contributed by atoms with E-state index in [-0.39, 0.29) is 36.6 Å². The molecule has 3 heterocycles. The van der Waals surface area contributed by atoms with Gasteiger partial charge in [0.05, 0.1) is 19.4 Å². The number of furan rings is 1. The second kappa shape index (κ2) is 7.38. The fourth-order valence-corrected chi connectivity index (χ4v) is 3.92. The molecular weight excluding hydrogens is 374 g/mol. The zero-order valence-electron chi connectivity index (χ0n) is 16.6. The summed E-state index contributed by atoms with van der Waals surface area (Å²) in [6, 6.07) is 5.11. The van der Waals surface area contributed by atoms with Crippen LogP contribution in [0.15, 0.2) is 28.9 Å². The number of likely N-dealkylation sites (N-methyl/N-ethyl adjacent to an activating group) is 1. The Morgan fingerprint density at radius 2 is 2.10 bits per heavy atom. The predicted octanol–water partition coefficient (Wildman–Crippen LogP) is 1.31. The average Bonchev–Trinajstić information content (AvgIpc) is 3.45. The molecule has 9 nitrogen and oxygen atoms in total. The number of fused-ring (bicyclic) bond motifs is 1. The lowest BCUT2D eigenvalue weighted by Gasteiger charge is -2.41. The third-order valence-electron chi connectivity index (χ3n) is 5.92. The minimum atomic E-state index is -1.07. The molecule has 2 N–H and O–H groups in total. The van der Waals surface area contributed by atoms with Crippen LogP contribution < -0.4 is 10.6 Å². The molecule has 1 atom stereocenters. The Morgan fingerprint density at radius 3 is 2.79 bits per heavy atom. The smallest absolute Gasteiger partial charge is 0.272 e. The van der Waals surface area contributed by atoms with Gasteiger partial charge in [0.15, 0.2) is 5.69 Å². The molecule has 29 heavy (non-hydrogen) atoms. The number of nitrogens with zero attached hydrogens (tertiary/aromatic N) is 3. The number of nitrogens with one attached hydrogen (secondary N) is 2. The topological polar surface area (TPSA) is 109 Å². The van der Waals surface area contributed by atoms with Gasteiger partial charge in [-0.05, 0) is 31.9 Å². The lowest BCUT2D eigenvalue weighted by atomic mass is 9.95. The van der Waals surface area contributed by atoms with Crippen LogP contribution in [0.5, 0.6) is 0 Å². The summed E-state index contributed by atoms with van der Waals surface area (Å²) >= 11 is 0. The van der Waals surface area contributed by atoms with Crippen molar-refractivity contribution >= 4 is 17.7 Å². The largest absolute Gasteiger partial charge is 0.467 e. The number of hydrogen-bond acceptors (Lipinski definition) is 5. The molecule has 4 rings (SSSR count). The van der Waals surface area contributed by atoms with Crippen molar-refractivity contribution in [1.82, 2.24) is 25.3 Å². The first-order valence-corrected chi connectivity index (χ1v) is 9.86. The van der Waals surface area contributed by atoms with Gasteiger partial charge >= 0.3 is 0 Å². The van der Waals surface area contributed by atoms with Gasteiger partial charge in [-0.15, -0.1) is 0 Å². The van der Waals surface area contributed by atoms with Crippen molar-refractivity contribution in [3.63, 3.8) is 0 Å². The van der Waals surface area contributed by atoms with E-state index in [2.05, 4.69) is 15.7 Å². The highest BCUT2D eigenvalue weighted by atomic mass is 16.3. The number of amides is 3. The third kappa shape index (κ3) is 3.52. The summed E-state index contributed by atoms with van der Waals surface area (Å²) in [6.07, 6.45) is 5.67. The predicted molar refractivity (Wildman–Crippen MR) is 103 cm³/mol. The van der Waals surface area contributed by atoms with E-state index in [1.54, 1.807) is 26.1 Å². The molecule has 2 aromatic rings. The van der Waals surface area contributed by atoms with E-state index in [0.717, 1.165) is 25.7 Å². The van der Waals surface area contributed by atoms with Crippen molar-refractivity contribution in [3.05, 3.63) is 41.6 Å². The number of rotatable bonds is 5. The molecule has 0 unspecified atom stereocenters. The van der Waals surface area contributed by atoms with Crippen molar-refractivity contribution in [3.8, 4) is 0 Å². The Hall–Kier alpha value is -3.10. The molecule has 0 bridgehead atoms. The van der Waals surface area contributed by atoms with Gasteiger partial charge in [-0.25, -0.2) is 0 Å². The first-order chi connectivity index (χ1) is 13.9. The molecular formula is C20H25N5O4. The number of carbonyl (C=O) groups is 3. The van der Waals surface area contributed by atoms with E-state index in [9.17, 15) is 14.4 Å². The standard InChI is InChI=1S/C20H25N5O4/c1-20(19(28)22-13-6-3-4-7-13)12-25-16(18(27)24(20)2)10-15(23-25)17(26)21-11-14-8-5-9-29-14/h5,8-10,13H,3-4,6-7,11-12H2,1-2H3,(H,21,26)(H,22,28)/t20-/m0/s1. The van der Waals surface area contributed by atoms with Crippen molar-refractivity contribution in [2.75, 3.05) is 7.05 Å². The zero-order chi connectivity index (χ0) is 20.6. The van der Waals surface area contributed by atoms with Gasteiger partial charge in [-0.3, -0.25) is 19.1 Å². The normalized spacial score (nSPS) is 21.9. The summed E-state index contributed by atoms with van der Waals surface area (Å²) in [6.45, 7) is 2.15. The van der Waals surface area contributed by atoms with Gasteiger partial charge in [0.25, 0.3) is 11.8 Å². The van der Waals surface area contributed by atoms with E-state index in [4.69, 9.17) is 4.42 Å². The highest BCUT2D eigenvalue weighted by molar-refractivity contribution is 6.01. The van der Waals surface area contributed by atoms with Crippen molar-refractivity contribution in [1.29, 1.82) is 0 Å². The first-order valence-electron chi connectivity index (χ1n) is 9.86. The first kappa shape index (κ1) is 19.2. The highest BCUT2D eigenvalue weighted by Crippen LogP contribution is 2.27. The summed E-state index contributed by atoms with van der Waals surface area (Å²) < 4.78 is 6.65. The lowest BCUT2D eigenvalue weighted by Crippen LogP contribution is -2.63. The molecule has 2 aliphatic rings. The quantitative estimate of drug-likeness (QED) is 0.788. The maximum atomic E-state index is 13.0. The van der Waals surface area contributed by atoms with Crippen LogP contribution in [0.1, 0.15) is 59.3 Å². The van der Waals surface area contributed by atoms with Gasteiger partial charge in [-0.2, -0.15) is 5.10 Å². The van der Waals surface area contributed by atoms with Crippen LogP contribution in [0, 0.1) is 0 Å². The fraction of sp³-hybridized carbons (Fsp3) is 0.500. The Balaban J connectivity index is 1.51. The molecule has 9 heteroatoms. The van der Waals surface area contributed by atoms with Crippen LogP contribution in [0.25, 0.3) is 0 Å². The van der Waals surface area contributed by atoms with E-state index >= 15 is 0 Å². The molecule has 1 aliphatic carbocycles. The number of carbonyl (C=O) groups excluding carboxylic acids is 3. The second-order valence-electron chi connectivity index (χ2n) is 7.93. The SMILES string of the molecule is CN1C(=O)c2cc(C(=O)NCc3ccco3)nn2C[C@@]1(C)C(=O)NC1CCCC1. The molecule has 0 saturated heterocycles. The molecule has 2 aromatic heterocycles. The molecule has 3 amide bonds. The third-order valence-corrected chi connectivity index (χ3v) is 5.92. The molecule has 0 aromatic carbocycles. The summed E-state index contributed by atoms with van der Waals surface area (Å²) in [7, 11) is 1.61. The second-order valence-corrected chi connectivity index (χ2v) is 7.93. The summed E-state index contributed by atoms with van der Waals surface area (Å²) in [5.74, 6) is -0.312. The maximum Gasteiger partial charge on any atom is 0.272 e. The van der Waals surface area contributed by atoms with Gasteiger partial charge in [0.1, 0.15) is 17.0 Å². The van der Waals surface area contributed by atoms with Crippen LogP contribution in [0.4, 0.5) is 0 Å². The summed E-state index contributed by atoms with van der Waals surface area (Å²) in [4.78, 5) is 39.8. The Kier molecular flexibility index (Phi) is 4.89. The van der Waals surface area contributed by atoms with E-state index < -0.39 is 11.4 Å². The summed E-state index contributed by atoms with van der Waals surface area (Å²) in [5.41, 5.74) is -0.642. The molecule has 0 spiro atoms. The van der Waals surface area contributed by atoms with Crippen LogP contribution in [-0.2, 0) is 17.9 Å². The molecule has 154 valence electrons. The minimum absolute atomic E-state index is 0.133. The Morgan fingerprint density at radius 1 is 1.34 bits per heavy atom. The lowest BCUT2D eigenvalue weighted by molar-refractivity contribution is -0.133. The van der Waals surface area contributed by atoms with Gasteiger partial charge in [0, 0.05) is 19.2 Å². The van der Waals surface area contributed by atoms with Crippen molar-refractivity contribution in [2.24, 2.45) is 0 Å². The minimum Gasteiger partial charge on any atom is -0.467 e. The van der Waals surface area contributed by atoms with E-state index in [1.807, 2.05) is 0 Å². The molecule has 1 fully saturated rings. The molecule has 1 saturated carbocycles. The van der Waals surface area contributed by atoms with Crippen molar-refractivity contribution < 1.29 is 18.8 Å². The van der Waals surface area contributed by atoms with Crippen LogP contribution in [-0.4, -0.2) is 51.0 Å². The zero-order valence-corrected chi connectivity index (χ0v) is 16.6. The monoisotopic (exact) mass is 399 g/mol. The van der Waals surface area contributed by atoms with Gasteiger partial charge < -0.3 is 20.0 Å². The maximum absolute atomic E-state index is 13.0. The van der Waals surface area contributed by atoms with Gasteiger partial charge in [-0.1, -0.05) is 12.8 Å². The molecule has 1 aliphatic heterocycles. The molecule has 0 radical (unpaired) electrons. The highest BCUT2D eigenvalue weighted by Gasteiger charge is 2.46.